The van der Waals surface area contributed by atoms with E-state index in [1.165, 1.54) is 0 Å². The molecule has 15 heavy (non-hydrogen) atoms. The maximum Gasteiger partial charge on any atom is 0.138 e. The zero-order chi connectivity index (χ0) is 11.3. The van der Waals surface area contributed by atoms with Crippen molar-refractivity contribution in [1.82, 2.24) is 5.32 Å². The zero-order valence-electron chi connectivity index (χ0n) is 8.89. The zero-order valence-corrected chi connectivity index (χ0v) is 10.5. The third kappa shape index (κ3) is 3.47. The van der Waals surface area contributed by atoms with Gasteiger partial charge in [-0.2, -0.15) is 0 Å². The van der Waals surface area contributed by atoms with E-state index in [1.807, 2.05) is 6.92 Å². The van der Waals surface area contributed by atoms with Crippen molar-refractivity contribution in [3.63, 3.8) is 0 Å². The van der Waals surface area contributed by atoms with Crippen LogP contribution in [0.3, 0.4) is 0 Å². The molecule has 0 heterocycles. The Kier molecular flexibility index (Phi) is 5.05. The van der Waals surface area contributed by atoms with Gasteiger partial charge < -0.3 is 10.1 Å². The number of hydrogen-bond donors (Lipinski definition) is 1. The fourth-order valence-electron chi connectivity index (χ4n) is 1.28. The van der Waals surface area contributed by atoms with Crippen molar-refractivity contribution in [3.8, 4) is 5.75 Å². The van der Waals surface area contributed by atoms with E-state index in [-0.39, 0.29) is 0 Å². The molecule has 1 aromatic carbocycles. The SMILES string of the molecule is CCOc1ccc(C(F)CNC)cc1Br. The highest BCUT2D eigenvalue weighted by molar-refractivity contribution is 9.10. The highest BCUT2D eigenvalue weighted by Crippen LogP contribution is 2.29. The molecule has 0 bridgehead atoms. The number of alkyl halides is 1. The number of nitrogens with one attached hydrogen (secondary N) is 1. The average molecular weight is 276 g/mol. The summed E-state index contributed by atoms with van der Waals surface area (Å²) < 4.78 is 19.6. The highest BCUT2D eigenvalue weighted by Gasteiger charge is 2.10. The van der Waals surface area contributed by atoms with Gasteiger partial charge in [-0.3, -0.25) is 0 Å². The summed E-state index contributed by atoms with van der Waals surface area (Å²) in [6.07, 6.45) is -0.984. The predicted molar refractivity (Wildman–Crippen MR) is 63.1 cm³/mol. The molecular weight excluding hydrogens is 261 g/mol. The van der Waals surface area contributed by atoms with Crippen molar-refractivity contribution in [1.29, 1.82) is 0 Å². The molecule has 0 spiro atoms. The van der Waals surface area contributed by atoms with E-state index in [0.717, 1.165) is 10.2 Å². The van der Waals surface area contributed by atoms with Crippen LogP contribution in [0.5, 0.6) is 5.75 Å². The molecule has 0 saturated heterocycles. The van der Waals surface area contributed by atoms with Gasteiger partial charge in [0.2, 0.25) is 0 Å². The number of halogens is 2. The van der Waals surface area contributed by atoms with Crippen molar-refractivity contribution in [2.75, 3.05) is 20.2 Å². The lowest BCUT2D eigenvalue weighted by Crippen LogP contribution is -2.13. The normalized spacial score (nSPS) is 12.5. The number of rotatable bonds is 5. The van der Waals surface area contributed by atoms with Crippen molar-refractivity contribution in [2.45, 2.75) is 13.1 Å². The lowest BCUT2D eigenvalue weighted by molar-refractivity contribution is 0.329. The Bertz CT molecular complexity index is 319. The quantitative estimate of drug-likeness (QED) is 0.892. The molecule has 2 nitrogen and oxygen atoms in total. The van der Waals surface area contributed by atoms with E-state index in [1.54, 1.807) is 25.2 Å². The molecule has 1 atom stereocenters. The number of benzene rings is 1. The van der Waals surface area contributed by atoms with Crippen molar-refractivity contribution < 1.29 is 9.13 Å². The van der Waals surface area contributed by atoms with Gasteiger partial charge in [0.15, 0.2) is 0 Å². The van der Waals surface area contributed by atoms with Gasteiger partial charge in [-0.15, -0.1) is 0 Å². The summed E-state index contributed by atoms with van der Waals surface area (Å²) >= 11 is 3.36. The molecule has 1 N–H and O–H groups in total. The lowest BCUT2D eigenvalue weighted by Gasteiger charge is -2.11. The second-order valence-corrected chi connectivity index (χ2v) is 4.00. The topological polar surface area (TPSA) is 21.3 Å². The molecule has 0 aromatic heterocycles. The number of hydrogen-bond acceptors (Lipinski definition) is 2. The maximum atomic E-state index is 13.5. The smallest absolute Gasteiger partial charge is 0.138 e. The van der Waals surface area contributed by atoms with E-state index in [0.29, 0.717) is 18.7 Å². The van der Waals surface area contributed by atoms with E-state index in [9.17, 15) is 4.39 Å². The molecule has 1 rings (SSSR count). The van der Waals surface area contributed by atoms with Crippen LogP contribution in [0.2, 0.25) is 0 Å². The van der Waals surface area contributed by atoms with Gasteiger partial charge in [0.1, 0.15) is 11.9 Å². The van der Waals surface area contributed by atoms with Crippen LogP contribution in [0.1, 0.15) is 18.7 Å². The van der Waals surface area contributed by atoms with Gasteiger partial charge in [-0.1, -0.05) is 6.07 Å². The van der Waals surface area contributed by atoms with Gasteiger partial charge >= 0.3 is 0 Å². The monoisotopic (exact) mass is 275 g/mol. The summed E-state index contributed by atoms with van der Waals surface area (Å²) in [5.74, 6) is 0.748. The molecule has 0 amide bonds. The summed E-state index contributed by atoms with van der Waals surface area (Å²) in [5, 5.41) is 2.80. The largest absolute Gasteiger partial charge is 0.493 e. The standard InChI is InChI=1S/C11H15BrFNO/c1-3-15-11-5-4-8(6-9(11)12)10(13)7-14-2/h4-6,10,14H,3,7H2,1-2H3. The molecule has 0 aliphatic rings. The van der Waals surface area contributed by atoms with Crippen LogP contribution >= 0.6 is 15.9 Å². The summed E-state index contributed by atoms with van der Waals surface area (Å²) in [7, 11) is 1.73. The van der Waals surface area contributed by atoms with Gasteiger partial charge in [0.25, 0.3) is 0 Å². The first kappa shape index (κ1) is 12.5. The summed E-state index contributed by atoms with van der Waals surface area (Å²) in [6.45, 7) is 2.84. The third-order valence-electron chi connectivity index (χ3n) is 2.00. The predicted octanol–water partition coefficient (Wildman–Crippen LogP) is 3.08. The van der Waals surface area contributed by atoms with Crippen LogP contribution < -0.4 is 10.1 Å². The second-order valence-electron chi connectivity index (χ2n) is 3.15. The van der Waals surface area contributed by atoms with Crippen molar-refractivity contribution in [3.05, 3.63) is 28.2 Å². The van der Waals surface area contributed by atoms with Crippen LogP contribution in [0, 0.1) is 0 Å². The van der Waals surface area contributed by atoms with Crippen molar-refractivity contribution in [2.24, 2.45) is 0 Å². The Balaban J connectivity index is 2.81. The first-order chi connectivity index (χ1) is 7.19. The van der Waals surface area contributed by atoms with E-state index >= 15 is 0 Å². The number of likely N-dealkylation sites (N-methyl/N-ethyl adjacent to an activating group) is 1. The van der Waals surface area contributed by atoms with Gasteiger partial charge in [-0.05, 0) is 47.6 Å². The van der Waals surface area contributed by atoms with Gasteiger partial charge in [0.05, 0.1) is 11.1 Å². The minimum Gasteiger partial charge on any atom is -0.493 e. The maximum absolute atomic E-state index is 13.5. The Morgan fingerprint density at radius 1 is 1.53 bits per heavy atom. The van der Waals surface area contributed by atoms with E-state index < -0.39 is 6.17 Å². The molecule has 1 unspecified atom stereocenters. The summed E-state index contributed by atoms with van der Waals surface area (Å²) in [6, 6.07) is 5.29. The third-order valence-corrected chi connectivity index (χ3v) is 2.62. The lowest BCUT2D eigenvalue weighted by atomic mass is 10.1. The molecule has 0 saturated carbocycles. The first-order valence-corrected chi connectivity index (χ1v) is 5.69. The molecule has 0 fully saturated rings. The molecule has 0 aliphatic heterocycles. The molecule has 4 heteroatoms. The fraction of sp³-hybridized carbons (Fsp3) is 0.455. The van der Waals surface area contributed by atoms with Crippen LogP contribution in [-0.4, -0.2) is 20.2 Å². The second kappa shape index (κ2) is 6.08. The Morgan fingerprint density at radius 2 is 2.27 bits per heavy atom. The van der Waals surface area contributed by atoms with E-state index in [2.05, 4.69) is 21.2 Å². The van der Waals surface area contributed by atoms with Crippen LogP contribution in [0.4, 0.5) is 4.39 Å². The minimum atomic E-state index is -0.984. The van der Waals surface area contributed by atoms with Crippen LogP contribution in [0.15, 0.2) is 22.7 Å². The molecule has 84 valence electrons. The Morgan fingerprint density at radius 3 is 2.80 bits per heavy atom. The molecule has 1 aromatic rings. The van der Waals surface area contributed by atoms with Gasteiger partial charge in [0, 0.05) is 6.54 Å². The Labute approximate surface area is 98.0 Å². The van der Waals surface area contributed by atoms with E-state index in [4.69, 9.17) is 4.74 Å². The first-order valence-electron chi connectivity index (χ1n) is 4.90. The molecule has 0 radical (unpaired) electrons. The number of ether oxygens (including phenoxy) is 1. The molecule has 0 aliphatic carbocycles. The van der Waals surface area contributed by atoms with Crippen molar-refractivity contribution >= 4 is 15.9 Å². The van der Waals surface area contributed by atoms with Gasteiger partial charge in [-0.25, -0.2) is 4.39 Å². The van der Waals surface area contributed by atoms with Crippen LogP contribution in [0.25, 0.3) is 0 Å². The van der Waals surface area contributed by atoms with Crippen LogP contribution in [-0.2, 0) is 0 Å². The fourth-order valence-corrected chi connectivity index (χ4v) is 1.79. The average Bonchev–Trinajstić information content (AvgIpc) is 2.21. The Hall–Kier alpha value is -0.610. The molecular formula is C11H15BrFNO. The summed E-state index contributed by atoms with van der Waals surface area (Å²) in [5.41, 5.74) is 0.652. The minimum absolute atomic E-state index is 0.320. The summed E-state index contributed by atoms with van der Waals surface area (Å²) in [4.78, 5) is 0. The highest BCUT2D eigenvalue weighted by atomic mass is 79.9.